The number of hydrogen-bond donors (Lipinski definition) is 6. The summed E-state index contributed by atoms with van der Waals surface area (Å²) in [5.74, 6) is 0.150. The van der Waals surface area contributed by atoms with Crippen molar-refractivity contribution in [2.75, 3.05) is 6.54 Å². The van der Waals surface area contributed by atoms with E-state index in [2.05, 4.69) is 34.8 Å². The van der Waals surface area contributed by atoms with E-state index in [1.54, 1.807) is 18.4 Å². The molecule has 29 heavy (non-hydrogen) atoms. The van der Waals surface area contributed by atoms with Gasteiger partial charge in [-0.2, -0.15) is 0 Å². The molecule has 1 saturated carbocycles. The summed E-state index contributed by atoms with van der Waals surface area (Å²) in [6, 6.07) is -0.488. The monoisotopic (exact) mass is 401 g/mol. The maximum absolute atomic E-state index is 12.6. The minimum Gasteiger partial charge on any atom is -0.511 e. The molecule has 0 saturated heterocycles. The molecule has 3 atom stereocenters. The molecule has 0 radical (unpaired) electrons. The Bertz CT molecular complexity index is 768. The summed E-state index contributed by atoms with van der Waals surface area (Å²) < 4.78 is 0. The molecule has 6 N–H and O–H groups in total. The van der Waals surface area contributed by atoms with Crippen LogP contribution >= 0.6 is 0 Å². The van der Waals surface area contributed by atoms with Gasteiger partial charge in [0.2, 0.25) is 5.91 Å². The molecule has 8 heteroatoms. The molecular formula is C21H31N5O3. The highest BCUT2D eigenvalue weighted by molar-refractivity contribution is 5.93. The average Bonchev–Trinajstić information content (AvgIpc) is 3.27. The van der Waals surface area contributed by atoms with Gasteiger partial charge in [0.1, 0.15) is 5.76 Å². The number of allylic oxidation sites excluding steroid dienone is 4. The highest BCUT2D eigenvalue weighted by Gasteiger charge is 2.52. The van der Waals surface area contributed by atoms with Crippen LogP contribution in [0.4, 0.5) is 4.79 Å². The fourth-order valence-electron chi connectivity index (χ4n) is 3.59. The van der Waals surface area contributed by atoms with Crippen LogP contribution in [-0.2, 0) is 4.79 Å². The van der Waals surface area contributed by atoms with E-state index in [1.165, 1.54) is 6.08 Å². The molecule has 2 rings (SSSR count). The van der Waals surface area contributed by atoms with Crippen LogP contribution in [0, 0.1) is 22.7 Å². The van der Waals surface area contributed by atoms with E-state index in [4.69, 9.17) is 5.41 Å². The molecule has 1 aliphatic carbocycles. The van der Waals surface area contributed by atoms with Crippen LogP contribution in [0.2, 0.25) is 0 Å². The summed E-state index contributed by atoms with van der Waals surface area (Å²) >= 11 is 0. The van der Waals surface area contributed by atoms with E-state index in [-0.39, 0.29) is 35.3 Å². The predicted octanol–water partition coefficient (Wildman–Crippen LogP) is 2.45. The van der Waals surface area contributed by atoms with Crippen molar-refractivity contribution in [3.63, 3.8) is 0 Å². The van der Waals surface area contributed by atoms with Crippen LogP contribution in [-0.4, -0.2) is 35.6 Å². The van der Waals surface area contributed by atoms with Crippen LogP contribution in [0.15, 0.2) is 48.4 Å². The first-order chi connectivity index (χ1) is 13.7. The zero-order valence-corrected chi connectivity index (χ0v) is 17.2. The van der Waals surface area contributed by atoms with E-state index >= 15 is 0 Å². The Balaban J connectivity index is 2.16. The standard InChI is InChI=1S/C21H31N5O3/c1-5-6-15(22)9-16(27)12-24-19-25-18(28)10-17(13(2)3)21(11-14(21)4)7-8-23-20(29)26-19/h5,7-10,13-14,19,22,24,27H,1,6,11-12H2,2-4H3,(H,25,28)(H2,23,26,29)/b8-7+,16-9+,17-10-,22-15?. The first-order valence-electron chi connectivity index (χ1n) is 9.76. The van der Waals surface area contributed by atoms with Crippen molar-refractivity contribution >= 4 is 17.6 Å². The Morgan fingerprint density at radius 3 is 2.72 bits per heavy atom. The minimum atomic E-state index is -0.907. The van der Waals surface area contributed by atoms with E-state index in [0.29, 0.717) is 12.3 Å². The Labute approximate surface area is 171 Å². The van der Waals surface area contributed by atoms with Crippen LogP contribution < -0.4 is 21.3 Å². The van der Waals surface area contributed by atoms with Crippen LogP contribution in [0.3, 0.4) is 0 Å². The number of aliphatic hydroxyl groups is 1. The highest BCUT2D eigenvalue weighted by Crippen LogP contribution is 2.60. The van der Waals surface area contributed by atoms with Gasteiger partial charge in [0, 0.05) is 29.8 Å². The molecule has 0 aromatic carbocycles. The van der Waals surface area contributed by atoms with Gasteiger partial charge in [-0.3, -0.25) is 10.1 Å². The van der Waals surface area contributed by atoms with Crippen molar-refractivity contribution < 1.29 is 14.7 Å². The third-order valence-corrected chi connectivity index (χ3v) is 5.16. The number of nitrogens with one attached hydrogen (secondary N) is 5. The lowest BCUT2D eigenvalue weighted by Crippen LogP contribution is -2.58. The Morgan fingerprint density at radius 1 is 1.45 bits per heavy atom. The van der Waals surface area contributed by atoms with Gasteiger partial charge in [0.15, 0.2) is 6.29 Å². The van der Waals surface area contributed by atoms with Gasteiger partial charge in [-0.15, -0.1) is 6.58 Å². The summed E-state index contributed by atoms with van der Waals surface area (Å²) in [5.41, 5.74) is 1.02. The molecule has 158 valence electrons. The van der Waals surface area contributed by atoms with Crippen molar-refractivity contribution in [1.82, 2.24) is 21.3 Å². The Morgan fingerprint density at radius 2 is 2.14 bits per heavy atom. The zero-order chi connectivity index (χ0) is 21.6. The van der Waals surface area contributed by atoms with Crippen molar-refractivity contribution in [3.8, 4) is 0 Å². The van der Waals surface area contributed by atoms with Gasteiger partial charge < -0.3 is 26.5 Å². The summed E-state index contributed by atoms with van der Waals surface area (Å²) in [6.45, 7) is 9.73. The van der Waals surface area contributed by atoms with Gasteiger partial charge in [0.05, 0.1) is 6.54 Å². The van der Waals surface area contributed by atoms with E-state index in [1.807, 2.05) is 19.9 Å². The fourth-order valence-corrected chi connectivity index (χ4v) is 3.59. The summed E-state index contributed by atoms with van der Waals surface area (Å²) in [4.78, 5) is 24.8. The van der Waals surface area contributed by atoms with Gasteiger partial charge in [-0.05, 0) is 24.3 Å². The number of urea groups is 1. The first-order valence-corrected chi connectivity index (χ1v) is 9.76. The van der Waals surface area contributed by atoms with Crippen molar-refractivity contribution in [3.05, 3.63) is 48.4 Å². The smallest absolute Gasteiger partial charge is 0.321 e. The number of rotatable bonds is 7. The predicted molar refractivity (Wildman–Crippen MR) is 113 cm³/mol. The van der Waals surface area contributed by atoms with Crippen molar-refractivity contribution in [2.24, 2.45) is 17.3 Å². The first kappa shape index (κ1) is 22.4. The molecule has 1 spiro atoms. The molecule has 3 amide bonds. The molecule has 8 nitrogen and oxygen atoms in total. The molecule has 0 bridgehead atoms. The second kappa shape index (κ2) is 9.56. The molecule has 0 aromatic rings. The number of carbonyl (C=O) groups excluding carboxylic acids is 2. The van der Waals surface area contributed by atoms with Crippen LogP contribution in [0.25, 0.3) is 0 Å². The molecule has 2 aliphatic rings. The second-order valence-electron chi connectivity index (χ2n) is 7.83. The highest BCUT2D eigenvalue weighted by atomic mass is 16.3. The van der Waals surface area contributed by atoms with Crippen LogP contribution in [0.1, 0.15) is 33.6 Å². The van der Waals surface area contributed by atoms with Gasteiger partial charge in [0.25, 0.3) is 0 Å². The van der Waals surface area contributed by atoms with Crippen LogP contribution in [0.5, 0.6) is 0 Å². The van der Waals surface area contributed by atoms with Gasteiger partial charge >= 0.3 is 6.03 Å². The molecule has 1 aliphatic heterocycles. The number of carbonyl (C=O) groups is 2. The normalized spacial score (nSPS) is 30.3. The third-order valence-electron chi connectivity index (χ3n) is 5.16. The zero-order valence-electron chi connectivity index (χ0n) is 17.2. The maximum atomic E-state index is 12.6. The summed E-state index contributed by atoms with van der Waals surface area (Å²) in [7, 11) is 0. The minimum absolute atomic E-state index is 0.0394. The molecule has 1 fully saturated rings. The SMILES string of the molecule is C=CCC(=N)/C=C(/O)CNC1NC(=O)/C=C(/C(C)C)C2(/C=C/NC(=O)N1)CC2C. The van der Waals surface area contributed by atoms with Crippen molar-refractivity contribution in [2.45, 2.75) is 39.9 Å². The summed E-state index contributed by atoms with van der Waals surface area (Å²) in [5, 5.41) is 28.5. The van der Waals surface area contributed by atoms with E-state index < -0.39 is 12.3 Å². The van der Waals surface area contributed by atoms with E-state index in [0.717, 1.165) is 12.0 Å². The van der Waals surface area contributed by atoms with E-state index in [9.17, 15) is 14.7 Å². The largest absolute Gasteiger partial charge is 0.511 e. The lowest BCUT2D eigenvalue weighted by atomic mass is 9.84. The lowest BCUT2D eigenvalue weighted by Gasteiger charge is -2.22. The van der Waals surface area contributed by atoms with Crippen molar-refractivity contribution in [1.29, 1.82) is 5.41 Å². The Hall–Kier alpha value is -2.87. The lowest BCUT2D eigenvalue weighted by molar-refractivity contribution is -0.117. The molecule has 0 aromatic heterocycles. The van der Waals surface area contributed by atoms with Gasteiger partial charge in [-0.25, -0.2) is 4.79 Å². The number of amides is 3. The van der Waals surface area contributed by atoms with Gasteiger partial charge in [-0.1, -0.05) is 38.5 Å². The molecular weight excluding hydrogens is 370 g/mol. The maximum Gasteiger partial charge on any atom is 0.321 e. The quantitative estimate of drug-likeness (QED) is 0.223. The molecule has 1 heterocycles. The Kier molecular flexibility index (Phi) is 7.39. The second-order valence-corrected chi connectivity index (χ2v) is 7.83. The number of aliphatic hydroxyl groups excluding tert-OH is 1. The molecule has 3 unspecified atom stereocenters. The third kappa shape index (κ3) is 6.05. The number of hydrogen-bond acceptors (Lipinski definition) is 5. The average molecular weight is 402 g/mol. The fraction of sp³-hybridized carbons (Fsp3) is 0.476. The topological polar surface area (TPSA) is 126 Å². The summed E-state index contributed by atoms with van der Waals surface area (Å²) in [6.07, 6.45) is 8.42.